The zero-order chi connectivity index (χ0) is 10.3. The molecule has 2 aliphatic rings. The molecule has 0 aromatic heterocycles. The van der Waals surface area contributed by atoms with Gasteiger partial charge in [-0.1, -0.05) is 29.8 Å². The monoisotopic (exact) mass is 203 g/mol. The lowest BCUT2D eigenvalue weighted by atomic mass is 9.78. The van der Waals surface area contributed by atoms with E-state index >= 15 is 0 Å². The predicted molar refractivity (Wildman–Crippen MR) is 59.7 cm³/mol. The van der Waals surface area contributed by atoms with Gasteiger partial charge in [-0.25, -0.2) is 0 Å². The van der Waals surface area contributed by atoms with Gasteiger partial charge in [0.15, 0.2) is 0 Å². The van der Waals surface area contributed by atoms with E-state index in [-0.39, 0.29) is 0 Å². The number of hydrogen-bond acceptors (Lipinski definition) is 2. The van der Waals surface area contributed by atoms with Gasteiger partial charge in [0.1, 0.15) is 0 Å². The van der Waals surface area contributed by atoms with Crippen molar-refractivity contribution in [3.8, 4) is 0 Å². The van der Waals surface area contributed by atoms with E-state index < -0.39 is 0 Å². The van der Waals surface area contributed by atoms with Gasteiger partial charge >= 0.3 is 0 Å². The summed E-state index contributed by atoms with van der Waals surface area (Å²) in [6, 6.07) is 8.85. The van der Waals surface area contributed by atoms with Crippen molar-refractivity contribution in [2.75, 3.05) is 26.3 Å². The highest BCUT2D eigenvalue weighted by atomic mass is 16.5. The van der Waals surface area contributed by atoms with Crippen molar-refractivity contribution in [1.82, 2.24) is 4.90 Å². The molecule has 2 fully saturated rings. The van der Waals surface area contributed by atoms with Crippen molar-refractivity contribution in [2.24, 2.45) is 5.41 Å². The highest BCUT2D eigenvalue weighted by Crippen LogP contribution is 2.38. The molecule has 1 aromatic rings. The Morgan fingerprint density at radius 2 is 1.87 bits per heavy atom. The van der Waals surface area contributed by atoms with Gasteiger partial charge in [0.2, 0.25) is 0 Å². The first-order valence-corrected chi connectivity index (χ1v) is 5.62. The van der Waals surface area contributed by atoms with E-state index in [1.54, 1.807) is 0 Å². The van der Waals surface area contributed by atoms with E-state index in [1.165, 1.54) is 24.2 Å². The molecule has 2 nitrogen and oxygen atoms in total. The number of rotatable bonds is 2. The van der Waals surface area contributed by atoms with Crippen LogP contribution in [0.1, 0.15) is 11.1 Å². The molecule has 80 valence electrons. The highest BCUT2D eigenvalue weighted by molar-refractivity contribution is 5.21. The Hall–Kier alpha value is -0.860. The van der Waals surface area contributed by atoms with Crippen LogP contribution in [-0.2, 0) is 11.3 Å². The molecular formula is C13H17NO. The summed E-state index contributed by atoms with van der Waals surface area (Å²) in [5.74, 6) is 0. The van der Waals surface area contributed by atoms with E-state index in [4.69, 9.17) is 4.74 Å². The summed E-state index contributed by atoms with van der Waals surface area (Å²) in [4.78, 5) is 2.51. The second-order valence-electron chi connectivity index (χ2n) is 5.12. The van der Waals surface area contributed by atoms with E-state index in [2.05, 4.69) is 36.1 Å². The average Bonchev–Trinajstić information content (AvgIpc) is 2.10. The van der Waals surface area contributed by atoms with Crippen molar-refractivity contribution in [2.45, 2.75) is 13.5 Å². The molecule has 15 heavy (non-hydrogen) atoms. The lowest BCUT2D eigenvalue weighted by Crippen LogP contribution is -2.65. The molecule has 0 unspecified atom stereocenters. The van der Waals surface area contributed by atoms with Gasteiger partial charge in [-0.2, -0.15) is 0 Å². The quantitative estimate of drug-likeness (QED) is 0.727. The molecule has 0 radical (unpaired) electrons. The predicted octanol–water partition coefficient (Wildman–Crippen LogP) is 1.83. The van der Waals surface area contributed by atoms with Gasteiger partial charge in [0.25, 0.3) is 0 Å². The largest absolute Gasteiger partial charge is 0.380 e. The van der Waals surface area contributed by atoms with Gasteiger partial charge in [-0.15, -0.1) is 0 Å². The number of ether oxygens (including phenoxy) is 1. The number of benzene rings is 1. The number of hydrogen-bond donors (Lipinski definition) is 0. The summed E-state index contributed by atoms with van der Waals surface area (Å²) in [5, 5.41) is 0. The number of likely N-dealkylation sites (tertiary alicyclic amines) is 1. The Balaban J connectivity index is 1.56. The Morgan fingerprint density at radius 3 is 2.40 bits per heavy atom. The van der Waals surface area contributed by atoms with Crippen molar-refractivity contribution in [3.05, 3.63) is 35.4 Å². The molecule has 3 rings (SSSR count). The second kappa shape index (κ2) is 3.32. The maximum atomic E-state index is 5.27. The van der Waals surface area contributed by atoms with Crippen molar-refractivity contribution >= 4 is 0 Å². The van der Waals surface area contributed by atoms with Crippen LogP contribution in [0.25, 0.3) is 0 Å². The van der Waals surface area contributed by atoms with E-state index in [1.807, 2.05) is 0 Å². The molecule has 0 saturated carbocycles. The smallest absolute Gasteiger partial charge is 0.0569 e. The molecule has 0 bridgehead atoms. The molecular weight excluding hydrogens is 186 g/mol. The van der Waals surface area contributed by atoms with Crippen LogP contribution in [0.4, 0.5) is 0 Å². The van der Waals surface area contributed by atoms with Crippen molar-refractivity contribution in [1.29, 1.82) is 0 Å². The van der Waals surface area contributed by atoms with Crippen LogP contribution in [0.15, 0.2) is 24.3 Å². The third-order valence-electron chi connectivity index (χ3n) is 3.46. The van der Waals surface area contributed by atoms with Crippen LogP contribution in [0, 0.1) is 12.3 Å². The van der Waals surface area contributed by atoms with Gasteiger partial charge in [0, 0.05) is 25.0 Å². The Morgan fingerprint density at radius 1 is 1.20 bits per heavy atom. The van der Waals surface area contributed by atoms with Crippen LogP contribution in [0.2, 0.25) is 0 Å². The summed E-state index contributed by atoms with van der Waals surface area (Å²) in [5.41, 5.74) is 3.31. The normalized spacial score (nSPS) is 23.5. The third-order valence-corrected chi connectivity index (χ3v) is 3.46. The topological polar surface area (TPSA) is 12.5 Å². The number of aryl methyl sites for hydroxylation is 1. The van der Waals surface area contributed by atoms with Crippen LogP contribution >= 0.6 is 0 Å². The fourth-order valence-electron chi connectivity index (χ4n) is 2.54. The summed E-state index contributed by atoms with van der Waals surface area (Å²) in [6.45, 7) is 7.65. The van der Waals surface area contributed by atoms with Gasteiger partial charge in [-0.05, 0) is 12.5 Å². The Bertz CT molecular complexity index is 345. The van der Waals surface area contributed by atoms with Crippen molar-refractivity contribution in [3.63, 3.8) is 0 Å². The fourth-order valence-corrected chi connectivity index (χ4v) is 2.54. The number of nitrogens with zero attached hydrogens (tertiary/aromatic N) is 1. The maximum absolute atomic E-state index is 5.27. The minimum Gasteiger partial charge on any atom is -0.380 e. The minimum absolute atomic E-state index is 0.546. The fraction of sp³-hybridized carbons (Fsp3) is 0.538. The molecule has 1 aromatic carbocycles. The van der Waals surface area contributed by atoms with Gasteiger partial charge < -0.3 is 4.74 Å². The zero-order valence-electron chi connectivity index (χ0n) is 9.20. The summed E-state index contributed by atoms with van der Waals surface area (Å²) in [7, 11) is 0. The lowest BCUT2D eigenvalue weighted by molar-refractivity contribution is -0.191. The first-order chi connectivity index (χ1) is 7.26. The standard InChI is InChI=1S/C13H17NO/c1-11-2-4-12(5-3-11)6-14-7-13(8-14)9-15-10-13/h2-5H,6-10H2,1H3. The first-order valence-electron chi connectivity index (χ1n) is 5.62. The van der Waals surface area contributed by atoms with E-state index in [9.17, 15) is 0 Å². The molecule has 2 saturated heterocycles. The van der Waals surface area contributed by atoms with Gasteiger partial charge in [0.05, 0.1) is 13.2 Å². The van der Waals surface area contributed by atoms with Crippen LogP contribution in [0.3, 0.4) is 0 Å². The van der Waals surface area contributed by atoms with Gasteiger partial charge in [-0.3, -0.25) is 4.90 Å². The van der Waals surface area contributed by atoms with E-state index in [0.29, 0.717) is 5.41 Å². The second-order valence-corrected chi connectivity index (χ2v) is 5.12. The maximum Gasteiger partial charge on any atom is 0.0569 e. The van der Waals surface area contributed by atoms with Crippen LogP contribution < -0.4 is 0 Å². The molecule has 2 heterocycles. The highest BCUT2D eigenvalue weighted by Gasteiger charge is 2.48. The molecule has 1 spiro atoms. The molecule has 2 aliphatic heterocycles. The van der Waals surface area contributed by atoms with E-state index in [0.717, 1.165) is 19.8 Å². The minimum atomic E-state index is 0.546. The van der Waals surface area contributed by atoms with Crippen LogP contribution in [0.5, 0.6) is 0 Å². The molecule has 0 aliphatic carbocycles. The summed E-state index contributed by atoms with van der Waals surface area (Å²) >= 11 is 0. The Labute approximate surface area is 90.8 Å². The summed E-state index contributed by atoms with van der Waals surface area (Å²) < 4.78 is 5.27. The Kier molecular flexibility index (Phi) is 2.08. The molecule has 0 N–H and O–H groups in total. The van der Waals surface area contributed by atoms with Crippen LogP contribution in [-0.4, -0.2) is 31.2 Å². The third kappa shape index (κ3) is 1.68. The SMILES string of the molecule is Cc1ccc(CN2CC3(COC3)C2)cc1. The van der Waals surface area contributed by atoms with Crippen molar-refractivity contribution < 1.29 is 4.74 Å². The molecule has 2 heteroatoms. The summed E-state index contributed by atoms with van der Waals surface area (Å²) in [6.07, 6.45) is 0. The average molecular weight is 203 g/mol. The first kappa shape index (κ1) is 9.37. The molecule has 0 atom stereocenters. The lowest BCUT2D eigenvalue weighted by Gasteiger charge is -2.55. The zero-order valence-corrected chi connectivity index (χ0v) is 9.20. The molecule has 0 amide bonds.